The number of amides is 1. The van der Waals surface area contributed by atoms with Crippen LogP contribution in [0.1, 0.15) is 75.0 Å². The van der Waals surface area contributed by atoms with Gasteiger partial charge in [-0.2, -0.15) is 4.31 Å². The summed E-state index contributed by atoms with van der Waals surface area (Å²) < 4.78 is 64.8. The molecule has 10 heteroatoms. The fourth-order valence-electron chi connectivity index (χ4n) is 6.24. The van der Waals surface area contributed by atoms with E-state index in [1.807, 2.05) is 0 Å². The number of hydrogen-bond acceptors (Lipinski definition) is 5. The Hall–Kier alpha value is -2.56. The Labute approximate surface area is 228 Å². The molecule has 1 aliphatic carbocycles. The number of sulfonamides is 1. The summed E-state index contributed by atoms with van der Waals surface area (Å²) in [7, 11) is -4.25. The van der Waals surface area contributed by atoms with Crippen LogP contribution in [0.2, 0.25) is 0 Å². The first-order valence-corrected chi connectivity index (χ1v) is 15.3. The van der Waals surface area contributed by atoms with E-state index >= 15 is 0 Å². The monoisotopic (exact) mass is 562 g/mol. The topological polar surface area (TPSA) is 87.2 Å². The number of piperidine rings is 2. The molecule has 1 amide bonds. The van der Waals surface area contributed by atoms with Crippen LogP contribution in [0, 0.1) is 18.6 Å². The molecule has 2 aromatic rings. The van der Waals surface area contributed by atoms with Gasteiger partial charge in [0.2, 0.25) is 10.0 Å². The molecule has 2 aromatic carbocycles. The SMILES string of the molecule is Cc1ccc(S(=O)(=O)N2[C@H](c3cccc(F)c3)CCC[C@@H]2C2(OC(=O)N3CCCCC3CCO)CC2)cc1F. The Morgan fingerprint density at radius 1 is 1.08 bits per heavy atom. The number of likely N-dealkylation sites (tertiary alicyclic amines) is 1. The Bertz CT molecular complexity index is 1310. The van der Waals surface area contributed by atoms with E-state index in [0.717, 1.165) is 25.3 Å². The summed E-state index contributed by atoms with van der Waals surface area (Å²) in [6.07, 6.45) is 5.17. The minimum atomic E-state index is -4.25. The fourth-order valence-corrected chi connectivity index (χ4v) is 8.17. The first-order chi connectivity index (χ1) is 18.7. The van der Waals surface area contributed by atoms with E-state index in [9.17, 15) is 27.1 Å². The second-order valence-corrected chi connectivity index (χ2v) is 12.9. The van der Waals surface area contributed by atoms with Gasteiger partial charge < -0.3 is 14.7 Å². The standard InChI is InChI=1S/C29H36F2N2O5S/c1-20-11-12-24(19-25(20)31)39(36,37)33-26(21-6-4-7-22(30)18-21)9-5-10-27(33)29(14-15-29)38-28(35)32-16-3-2-8-23(32)13-17-34/h4,6-7,11-12,18-19,23,26-27,34H,2-3,5,8-10,13-17H2,1H3/t23?,26-,27+/m0/s1. The minimum Gasteiger partial charge on any atom is -0.441 e. The van der Waals surface area contributed by atoms with Gasteiger partial charge in [-0.15, -0.1) is 0 Å². The highest BCUT2D eigenvalue weighted by molar-refractivity contribution is 7.89. The van der Waals surface area contributed by atoms with Crippen molar-refractivity contribution in [2.75, 3.05) is 13.2 Å². The first kappa shape index (κ1) is 28.0. The van der Waals surface area contributed by atoms with Gasteiger partial charge >= 0.3 is 6.09 Å². The van der Waals surface area contributed by atoms with Gasteiger partial charge in [0.1, 0.15) is 17.2 Å². The molecule has 1 N–H and O–H groups in total. The summed E-state index contributed by atoms with van der Waals surface area (Å²) in [5.41, 5.74) is -0.171. The van der Waals surface area contributed by atoms with E-state index in [2.05, 4.69) is 0 Å². The second kappa shape index (κ2) is 11.1. The molecule has 3 fully saturated rings. The molecule has 3 atom stereocenters. The molecule has 2 heterocycles. The molecule has 1 unspecified atom stereocenters. The number of nitrogens with zero attached hydrogens (tertiary/aromatic N) is 2. The van der Waals surface area contributed by atoms with Gasteiger partial charge in [0.15, 0.2) is 0 Å². The maximum absolute atomic E-state index is 14.5. The van der Waals surface area contributed by atoms with Crippen molar-refractivity contribution >= 4 is 16.1 Å². The van der Waals surface area contributed by atoms with Crippen molar-refractivity contribution in [1.82, 2.24) is 9.21 Å². The highest BCUT2D eigenvalue weighted by atomic mass is 32.2. The lowest BCUT2D eigenvalue weighted by Crippen LogP contribution is -2.55. The number of ether oxygens (including phenoxy) is 1. The molecule has 39 heavy (non-hydrogen) atoms. The predicted molar refractivity (Wildman–Crippen MR) is 141 cm³/mol. The average molecular weight is 563 g/mol. The van der Waals surface area contributed by atoms with E-state index in [1.165, 1.54) is 28.6 Å². The Balaban J connectivity index is 1.52. The highest BCUT2D eigenvalue weighted by Gasteiger charge is 2.60. The second-order valence-electron chi connectivity index (χ2n) is 11.1. The zero-order chi connectivity index (χ0) is 27.8. The van der Waals surface area contributed by atoms with E-state index in [1.54, 1.807) is 24.0 Å². The van der Waals surface area contributed by atoms with Crippen LogP contribution in [-0.2, 0) is 14.8 Å². The van der Waals surface area contributed by atoms with Gasteiger partial charge in [0.05, 0.1) is 17.0 Å². The number of aryl methyl sites for hydroxylation is 1. The normalized spacial score (nSPS) is 25.3. The molecule has 5 rings (SSSR count). The summed E-state index contributed by atoms with van der Waals surface area (Å²) in [6, 6.07) is 8.26. The summed E-state index contributed by atoms with van der Waals surface area (Å²) >= 11 is 0. The Morgan fingerprint density at radius 3 is 2.56 bits per heavy atom. The quantitative estimate of drug-likeness (QED) is 0.484. The Morgan fingerprint density at radius 2 is 1.87 bits per heavy atom. The van der Waals surface area contributed by atoms with E-state index in [4.69, 9.17) is 4.74 Å². The molecular weight excluding hydrogens is 526 g/mol. The molecule has 7 nitrogen and oxygen atoms in total. The lowest BCUT2D eigenvalue weighted by Gasteiger charge is -2.45. The van der Waals surface area contributed by atoms with Crippen LogP contribution in [-0.4, -0.2) is 59.7 Å². The maximum Gasteiger partial charge on any atom is 0.410 e. The predicted octanol–water partition coefficient (Wildman–Crippen LogP) is 5.46. The van der Waals surface area contributed by atoms with Crippen molar-refractivity contribution < 1.29 is 31.8 Å². The molecule has 1 saturated carbocycles. The van der Waals surface area contributed by atoms with Gasteiger partial charge in [-0.25, -0.2) is 22.0 Å². The molecule has 0 spiro atoms. The van der Waals surface area contributed by atoms with E-state index < -0.39 is 45.4 Å². The van der Waals surface area contributed by atoms with Crippen LogP contribution < -0.4 is 0 Å². The highest BCUT2D eigenvalue weighted by Crippen LogP contribution is 2.53. The van der Waals surface area contributed by atoms with Gasteiger partial charge in [0.25, 0.3) is 0 Å². The van der Waals surface area contributed by atoms with Crippen molar-refractivity contribution in [3.05, 3.63) is 65.2 Å². The van der Waals surface area contributed by atoms with Crippen LogP contribution in [0.3, 0.4) is 0 Å². The first-order valence-electron chi connectivity index (χ1n) is 13.8. The van der Waals surface area contributed by atoms with Crippen molar-refractivity contribution in [2.45, 2.75) is 93.3 Å². The molecule has 2 saturated heterocycles. The lowest BCUT2D eigenvalue weighted by molar-refractivity contribution is -0.0189. The number of aliphatic hydroxyl groups excluding tert-OH is 1. The molecule has 2 aliphatic heterocycles. The van der Waals surface area contributed by atoms with Crippen LogP contribution in [0.5, 0.6) is 0 Å². The van der Waals surface area contributed by atoms with Crippen molar-refractivity contribution in [3.63, 3.8) is 0 Å². The van der Waals surface area contributed by atoms with E-state index in [0.29, 0.717) is 56.2 Å². The van der Waals surface area contributed by atoms with E-state index in [-0.39, 0.29) is 17.5 Å². The van der Waals surface area contributed by atoms with Crippen LogP contribution in [0.4, 0.5) is 13.6 Å². The summed E-state index contributed by atoms with van der Waals surface area (Å²) in [5, 5.41) is 9.49. The molecule has 0 aromatic heterocycles. The number of aliphatic hydroxyl groups is 1. The number of halogens is 2. The average Bonchev–Trinajstić information content (AvgIpc) is 3.70. The minimum absolute atomic E-state index is 0.0311. The molecule has 0 bridgehead atoms. The molecule has 0 radical (unpaired) electrons. The summed E-state index contributed by atoms with van der Waals surface area (Å²) in [6.45, 7) is 2.06. The van der Waals surface area contributed by atoms with Crippen molar-refractivity contribution in [3.8, 4) is 0 Å². The smallest absolute Gasteiger partial charge is 0.410 e. The number of carbonyl (C=O) groups is 1. The lowest BCUT2D eigenvalue weighted by atomic mass is 9.90. The largest absolute Gasteiger partial charge is 0.441 e. The zero-order valence-electron chi connectivity index (χ0n) is 22.2. The van der Waals surface area contributed by atoms with Crippen LogP contribution in [0.25, 0.3) is 0 Å². The van der Waals surface area contributed by atoms with Crippen LogP contribution >= 0.6 is 0 Å². The fraction of sp³-hybridized carbons (Fsp3) is 0.552. The molecule has 3 aliphatic rings. The summed E-state index contributed by atoms with van der Waals surface area (Å²) in [5.74, 6) is -1.10. The molecular formula is C29H36F2N2O5S. The summed E-state index contributed by atoms with van der Waals surface area (Å²) in [4.78, 5) is 14.9. The van der Waals surface area contributed by atoms with Gasteiger partial charge in [-0.1, -0.05) is 18.2 Å². The number of carbonyl (C=O) groups excluding carboxylic acids is 1. The third-order valence-corrected chi connectivity index (χ3v) is 10.4. The Kier molecular flexibility index (Phi) is 7.99. The number of hydrogen-bond donors (Lipinski definition) is 1. The maximum atomic E-state index is 14.5. The zero-order valence-corrected chi connectivity index (χ0v) is 23.0. The van der Waals surface area contributed by atoms with Crippen molar-refractivity contribution in [1.29, 1.82) is 0 Å². The van der Waals surface area contributed by atoms with Crippen molar-refractivity contribution in [2.24, 2.45) is 0 Å². The third kappa shape index (κ3) is 5.56. The van der Waals surface area contributed by atoms with Gasteiger partial charge in [-0.3, -0.25) is 0 Å². The number of benzene rings is 2. The van der Waals surface area contributed by atoms with Crippen LogP contribution in [0.15, 0.2) is 47.4 Å². The molecule has 212 valence electrons. The third-order valence-electron chi connectivity index (χ3n) is 8.49. The van der Waals surface area contributed by atoms with Gasteiger partial charge in [-0.05, 0) is 100 Å². The van der Waals surface area contributed by atoms with Gasteiger partial charge in [0, 0.05) is 19.2 Å². The number of rotatable bonds is 7.